The smallest absolute Gasteiger partial charge is 0.258 e. The molecule has 2 aromatic carbocycles. The summed E-state index contributed by atoms with van der Waals surface area (Å²) in [5, 5.41) is 2.73. The highest BCUT2D eigenvalue weighted by Gasteiger charge is 2.50. The van der Waals surface area contributed by atoms with E-state index in [0.29, 0.717) is 18.6 Å². The number of hydrogen-bond donors (Lipinski definition) is 1. The SMILES string of the molecule is CC1N(C)C(=O)CC1(c1ccccc1)c1ccc(OCC(=O)NC2CCSC2=O)cc1. The molecule has 2 aliphatic heterocycles. The van der Waals surface area contributed by atoms with Crippen LogP contribution in [0.15, 0.2) is 54.6 Å². The van der Waals surface area contributed by atoms with Crippen molar-refractivity contribution in [1.29, 1.82) is 0 Å². The Kier molecular flexibility index (Phi) is 6.05. The summed E-state index contributed by atoms with van der Waals surface area (Å²) in [6.45, 7) is 1.94. The van der Waals surface area contributed by atoms with Crippen LogP contribution in [0.5, 0.6) is 5.75 Å². The number of amides is 2. The van der Waals surface area contributed by atoms with Crippen LogP contribution < -0.4 is 10.1 Å². The fraction of sp³-hybridized carbons (Fsp3) is 0.375. The van der Waals surface area contributed by atoms with E-state index in [-0.39, 0.29) is 29.6 Å². The van der Waals surface area contributed by atoms with Crippen molar-refractivity contribution >= 4 is 28.7 Å². The number of nitrogens with zero attached hydrogens (tertiary/aromatic N) is 1. The lowest BCUT2D eigenvalue weighted by Crippen LogP contribution is -2.40. The molecule has 162 valence electrons. The van der Waals surface area contributed by atoms with Gasteiger partial charge in [0.2, 0.25) is 11.0 Å². The minimum absolute atomic E-state index is 0.00163. The fourth-order valence-corrected chi connectivity index (χ4v) is 5.44. The lowest BCUT2D eigenvalue weighted by Gasteiger charge is -2.35. The number of hydrogen-bond acceptors (Lipinski definition) is 5. The Morgan fingerprint density at radius 2 is 1.81 bits per heavy atom. The molecule has 2 fully saturated rings. The van der Waals surface area contributed by atoms with Gasteiger partial charge in [0.15, 0.2) is 6.61 Å². The molecule has 6 nitrogen and oxygen atoms in total. The number of benzene rings is 2. The zero-order chi connectivity index (χ0) is 22.0. The molecule has 4 rings (SSSR count). The summed E-state index contributed by atoms with van der Waals surface area (Å²) in [5.74, 6) is 1.13. The van der Waals surface area contributed by atoms with E-state index < -0.39 is 11.5 Å². The summed E-state index contributed by atoms with van der Waals surface area (Å²) in [5.41, 5.74) is 1.70. The van der Waals surface area contributed by atoms with Gasteiger partial charge in [0.1, 0.15) is 5.75 Å². The van der Waals surface area contributed by atoms with Gasteiger partial charge in [-0.15, -0.1) is 0 Å². The van der Waals surface area contributed by atoms with Crippen LogP contribution in [0.1, 0.15) is 30.9 Å². The Balaban J connectivity index is 1.50. The Morgan fingerprint density at radius 3 is 2.39 bits per heavy atom. The summed E-state index contributed by atoms with van der Waals surface area (Å²) in [6.07, 6.45) is 1.07. The molecule has 2 amide bonds. The molecule has 2 heterocycles. The summed E-state index contributed by atoms with van der Waals surface area (Å²) in [6, 6.07) is 17.3. The molecule has 0 aliphatic carbocycles. The molecule has 0 radical (unpaired) electrons. The van der Waals surface area contributed by atoms with Gasteiger partial charge in [-0.25, -0.2) is 0 Å². The molecule has 2 aromatic rings. The van der Waals surface area contributed by atoms with Crippen molar-refractivity contribution in [3.05, 3.63) is 65.7 Å². The van der Waals surface area contributed by atoms with E-state index in [2.05, 4.69) is 24.4 Å². The van der Waals surface area contributed by atoms with Crippen molar-refractivity contribution in [3.8, 4) is 5.75 Å². The molecular weight excluding hydrogens is 412 g/mol. The maximum Gasteiger partial charge on any atom is 0.258 e. The van der Waals surface area contributed by atoms with Crippen molar-refractivity contribution in [2.45, 2.75) is 37.3 Å². The van der Waals surface area contributed by atoms with Crippen LogP contribution in [0.2, 0.25) is 0 Å². The normalized spacial score (nSPS) is 25.7. The first kappa shape index (κ1) is 21.4. The lowest BCUT2D eigenvalue weighted by atomic mass is 9.69. The van der Waals surface area contributed by atoms with Crippen molar-refractivity contribution in [2.75, 3.05) is 19.4 Å². The number of thioether (sulfide) groups is 1. The van der Waals surface area contributed by atoms with Gasteiger partial charge in [0, 0.05) is 30.7 Å². The number of likely N-dealkylation sites (N-methyl/N-ethyl adjacent to an activating group) is 1. The van der Waals surface area contributed by atoms with Crippen molar-refractivity contribution in [1.82, 2.24) is 10.2 Å². The average Bonchev–Trinajstić information content (AvgIpc) is 3.29. The maximum absolute atomic E-state index is 12.6. The molecule has 2 saturated heterocycles. The molecule has 0 aromatic heterocycles. The zero-order valence-electron chi connectivity index (χ0n) is 17.7. The van der Waals surface area contributed by atoms with Crippen LogP contribution in [0.25, 0.3) is 0 Å². The number of carbonyl (C=O) groups is 3. The second kappa shape index (κ2) is 8.75. The Morgan fingerprint density at radius 1 is 1.13 bits per heavy atom. The highest BCUT2D eigenvalue weighted by atomic mass is 32.2. The first-order valence-electron chi connectivity index (χ1n) is 10.4. The fourth-order valence-electron chi connectivity index (χ4n) is 4.51. The number of nitrogens with one attached hydrogen (secondary N) is 1. The van der Waals surface area contributed by atoms with E-state index in [0.717, 1.165) is 16.9 Å². The molecular formula is C24H26N2O4S. The van der Waals surface area contributed by atoms with Crippen LogP contribution in [0.4, 0.5) is 0 Å². The van der Waals surface area contributed by atoms with Gasteiger partial charge in [-0.2, -0.15) is 0 Å². The molecule has 2 aliphatic rings. The zero-order valence-corrected chi connectivity index (χ0v) is 18.5. The van der Waals surface area contributed by atoms with E-state index in [4.69, 9.17) is 4.74 Å². The van der Waals surface area contributed by atoms with Crippen molar-refractivity contribution in [2.24, 2.45) is 0 Å². The van der Waals surface area contributed by atoms with Gasteiger partial charge in [0.05, 0.1) is 6.04 Å². The number of rotatable bonds is 6. The molecule has 3 atom stereocenters. The van der Waals surface area contributed by atoms with Crippen LogP contribution >= 0.6 is 11.8 Å². The summed E-state index contributed by atoms with van der Waals surface area (Å²) in [7, 11) is 1.85. The lowest BCUT2D eigenvalue weighted by molar-refractivity contribution is -0.127. The monoisotopic (exact) mass is 438 g/mol. The van der Waals surface area contributed by atoms with E-state index in [1.54, 1.807) is 0 Å². The van der Waals surface area contributed by atoms with E-state index in [1.807, 2.05) is 54.4 Å². The first-order chi connectivity index (χ1) is 14.9. The third-order valence-corrected chi connectivity index (χ3v) is 7.43. The van der Waals surface area contributed by atoms with Gasteiger partial charge < -0.3 is 15.0 Å². The van der Waals surface area contributed by atoms with Crippen molar-refractivity contribution in [3.63, 3.8) is 0 Å². The van der Waals surface area contributed by atoms with Gasteiger partial charge in [-0.1, -0.05) is 54.2 Å². The molecule has 0 bridgehead atoms. The number of likely N-dealkylation sites (tertiary alicyclic amines) is 1. The predicted octanol–water partition coefficient (Wildman–Crippen LogP) is 2.75. The van der Waals surface area contributed by atoms with Crippen LogP contribution in [0, 0.1) is 0 Å². The van der Waals surface area contributed by atoms with Gasteiger partial charge >= 0.3 is 0 Å². The Labute approximate surface area is 186 Å². The number of carbonyl (C=O) groups excluding carboxylic acids is 3. The standard InChI is InChI=1S/C24H26N2O4S/c1-16-24(14-22(28)26(16)2,17-6-4-3-5-7-17)18-8-10-19(11-9-18)30-15-21(27)25-20-12-13-31-23(20)29/h3-11,16,20H,12-15H2,1-2H3,(H,25,27). The third-order valence-electron chi connectivity index (χ3n) is 6.42. The topological polar surface area (TPSA) is 75.7 Å². The molecule has 31 heavy (non-hydrogen) atoms. The van der Waals surface area contributed by atoms with E-state index >= 15 is 0 Å². The minimum Gasteiger partial charge on any atom is -0.484 e. The van der Waals surface area contributed by atoms with Crippen LogP contribution in [-0.4, -0.2) is 53.3 Å². The second-order valence-corrected chi connectivity index (χ2v) is 9.18. The summed E-state index contributed by atoms with van der Waals surface area (Å²) >= 11 is 1.25. The molecule has 1 N–H and O–H groups in total. The summed E-state index contributed by atoms with van der Waals surface area (Å²) in [4.78, 5) is 38.1. The molecule has 7 heteroatoms. The molecule has 0 spiro atoms. The Hall–Kier alpha value is -2.80. The first-order valence-corrected chi connectivity index (χ1v) is 11.4. The van der Waals surface area contributed by atoms with E-state index in [9.17, 15) is 14.4 Å². The Bertz CT molecular complexity index is 979. The number of ether oxygens (including phenoxy) is 1. The maximum atomic E-state index is 12.6. The quantitative estimate of drug-likeness (QED) is 0.751. The largest absolute Gasteiger partial charge is 0.484 e. The van der Waals surface area contributed by atoms with Gasteiger partial charge in [-0.05, 0) is 36.6 Å². The highest BCUT2D eigenvalue weighted by molar-refractivity contribution is 8.14. The van der Waals surface area contributed by atoms with Gasteiger partial charge in [0.25, 0.3) is 5.91 Å². The van der Waals surface area contributed by atoms with Crippen LogP contribution in [0.3, 0.4) is 0 Å². The average molecular weight is 439 g/mol. The minimum atomic E-state index is -0.441. The van der Waals surface area contributed by atoms with Crippen LogP contribution in [-0.2, 0) is 19.8 Å². The summed E-state index contributed by atoms with van der Waals surface area (Å²) < 4.78 is 5.63. The van der Waals surface area contributed by atoms with E-state index in [1.165, 1.54) is 11.8 Å². The van der Waals surface area contributed by atoms with Gasteiger partial charge in [-0.3, -0.25) is 14.4 Å². The third kappa shape index (κ3) is 4.06. The highest BCUT2D eigenvalue weighted by Crippen LogP contribution is 2.45. The van der Waals surface area contributed by atoms with Crippen molar-refractivity contribution < 1.29 is 19.1 Å². The molecule has 0 saturated carbocycles. The molecule has 3 unspecified atom stereocenters. The predicted molar refractivity (Wildman–Crippen MR) is 120 cm³/mol. The second-order valence-electron chi connectivity index (χ2n) is 8.08.